The Kier molecular flexibility index (Phi) is 6.21. The molecule has 8 nitrogen and oxygen atoms in total. The lowest BCUT2D eigenvalue weighted by atomic mass is 10.2. The van der Waals surface area contributed by atoms with Crippen LogP contribution in [0.25, 0.3) is 0 Å². The van der Waals surface area contributed by atoms with Crippen LogP contribution in [0, 0.1) is 6.92 Å². The summed E-state index contributed by atoms with van der Waals surface area (Å²) in [4.78, 5) is 23.2. The number of amides is 1. The van der Waals surface area contributed by atoms with E-state index in [9.17, 15) is 4.79 Å². The van der Waals surface area contributed by atoms with Crippen molar-refractivity contribution in [2.24, 2.45) is 0 Å². The summed E-state index contributed by atoms with van der Waals surface area (Å²) in [6.45, 7) is 8.05. The number of aromatic nitrogens is 4. The molecule has 8 heteroatoms. The van der Waals surface area contributed by atoms with E-state index in [4.69, 9.17) is 0 Å². The van der Waals surface area contributed by atoms with Crippen LogP contribution < -0.4 is 15.5 Å². The third kappa shape index (κ3) is 5.06. The molecule has 0 radical (unpaired) electrons. The molecule has 1 aromatic carbocycles. The summed E-state index contributed by atoms with van der Waals surface area (Å²) in [6.07, 6.45) is 3.40. The van der Waals surface area contributed by atoms with Gasteiger partial charge in [0.1, 0.15) is 24.0 Å². The van der Waals surface area contributed by atoms with Gasteiger partial charge in [0.2, 0.25) is 5.91 Å². The third-order valence-electron chi connectivity index (χ3n) is 4.22. The second-order valence-corrected chi connectivity index (χ2v) is 6.29. The molecular weight excluding hydrogens is 354 g/mol. The van der Waals surface area contributed by atoms with Crippen LogP contribution in [0.3, 0.4) is 0 Å². The fraction of sp³-hybridized carbons (Fsp3) is 0.300. The van der Waals surface area contributed by atoms with Crippen molar-refractivity contribution in [3.8, 4) is 0 Å². The van der Waals surface area contributed by atoms with Crippen molar-refractivity contribution >= 4 is 28.9 Å². The van der Waals surface area contributed by atoms with E-state index in [2.05, 4.69) is 44.4 Å². The number of carbonyl (C=O) groups excluding carboxylic acids is 1. The molecule has 28 heavy (non-hydrogen) atoms. The Bertz CT molecular complexity index is 903. The minimum Gasteiger partial charge on any atom is -0.357 e. The molecule has 0 saturated carbocycles. The first-order valence-corrected chi connectivity index (χ1v) is 9.32. The SMILES string of the molecule is CCN(CC)c1cc(Nc2ccc(NC(=O)Cn3cccn3)cc2)nc(C)n1. The summed E-state index contributed by atoms with van der Waals surface area (Å²) in [7, 11) is 0. The molecule has 0 aliphatic carbocycles. The van der Waals surface area contributed by atoms with Gasteiger partial charge in [-0.25, -0.2) is 9.97 Å². The molecule has 0 unspecified atom stereocenters. The van der Waals surface area contributed by atoms with Crippen molar-refractivity contribution < 1.29 is 4.79 Å². The molecule has 0 fully saturated rings. The number of nitrogens with zero attached hydrogens (tertiary/aromatic N) is 5. The molecule has 2 N–H and O–H groups in total. The predicted octanol–water partition coefficient (Wildman–Crippen LogP) is 3.21. The number of carbonyl (C=O) groups is 1. The number of nitrogens with one attached hydrogen (secondary N) is 2. The molecule has 0 bridgehead atoms. The first kappa shape index (κ1) is 19.3. The summed E-state index contributed by atoms with van der Waals surface area (Å²) < 4.78 is 1.58. The van der Waals surface area contributed by atoms with E-state index in [1.165, 1.54) is 0 Å². The third-order valence-corrected chi connectivity index (χ3v) is 4.22. The predicted molar refractivity (Wildman–Crippen MR) is 111 cm³/mol. The molecule has 146 valence electrons. The van der Waals surface area contributed by atoms with Crippen molar-refractivity contribution in [1.29, 1.82) is 0 Å². The smallest absolute Gasteiger partial charge is 0.246 e. The molecule has 3 aromatic rings. The number of benzene rings is 1. The Hall–Kier alpha value is -3.42. The van der Waals surface area contributed by atoms with Gasteiger partial charge in [-0.3, -0.25) is 9.48 Å². The Labute approximate surface area is 164 Å². The highest BCUT2D eigenvalue weighted by atomic mass is 16.2. The van der Waals surface area contributed by atoms with Crippen molar-refractivity contribution in [3.63, 3.8) is 0 Å². The number of rotatable bonds is 8. The fourth-order valence-corrected chi connectivity index (χ4v) is 2.85. The van der Waals surface area contributed by atoms with Crippen molar-refractivity contribution in [2.75, 3.05) is 28.6 Å². The molecule has 1 amide bonds. The minimum atomic E-state index is -0.125. The maximum atomic E-state index is 12.0. The lowest BCUT2D eigenvalue weighted by Crippen LogP contribution is -2.23. The first-order valence-electron chi connectivity index (χ1n) is 9.32. The van der Waals surface area contributed by atoms with Crippen molar-refractivity contribution in [1.82, 2.24) is 19.7 Å². The maximum absolute atomic E-state index is 12.0. The normalized spacial score (nSPS) is 10.5. The molecule has 0 aliphatic heterocycles. The van der Waals surface area contributed by atoms with Crippen molar-refractivity contribution in [2.45, 2.75) is 27.3 Å². The van der Waals surface area contributed by atoms with Crippen LogP contribution in [0.15, 0.2) is 48.8 Å². The molecule has 2 aromatic heterocycles. The maximum Gasteiger partial charge on any atom is 0.246 e. The van der Waals surface area contributed by atoms with Gasteiger partial charge in [-0.15, -0.1) is 0 Å². The van der Waals surface area contributed by atoms with Gasteiger partial charge in [0.25, 0.3) is 0 Å². The van der Waals surface area contributed by atoms with E-state index in [-0.39, 0.29) is 12.5 Å². The van der Waals surface area contributed by atoms with Crippen LogP contribution in [0.4, 0.5) is 23.0 Å². The van der Waals surface area contributed by atoms with Crippen LogP contribution in [0.1, 0.15) is 19.7 Å². The summed E-state index contributed by atoms with van der Waals surface area (Å²) in [5.74, 6) is 2.24. The molecule has 3 rings (SSSR count). The minimum absolute atomic E-state index is 0.125. The summed E-state index contributed by atoms with van der Waals surface area (Å²) >= 11 is 0. The monoisotopic (exact) mass is 379 g/mol. The number of anilines is 4. The zero-order chi connectivity index (χ0) is 19.9. The van der Waals surface area contributed by atoms with E-state index in [0.29, 0.717) is 0 Å². The van der Waals surface area contributed by atoms with Crippen LogP contribution in [0.5, 0.6) is 0 Å². The fourth-order valence-electron chi connectivity index (χ4n) is 2.85. The second-order valence-electron chi connectivity index (χ2n) is 6.29. The van der Waals surface area contributed by atoms with E-state index in [0.717, 1.165) is 41.9 Å². The quantitative estimate of drug-likeness (QED) is 0.625. The highest BCUT2D eigenvalue weighted by molar-refractivity contribution is 5.90. The van der Waals surface area contributed by atoms with Gasteiger partial charge >= 0.3 is 0 Å². The average molecular weight is 379 g/mol. The molecule has 0 saturated heterocycles. The van der Waals surface area contributed by atoms with Gasteiger partial charge in [0.05, 0.1) is 0 Å². The molecule has 0 atom stereocenters. The van der Waals surface area contributed by atoms with Gasteiger partial charge in [-0.1, -0.05) is 0 Å². The van der Waals surface area contributed by atoms with Crippen LogP contribution in [-0.2, 0) is 11.3 Å². The zero-order valence-electron chi connectivity index (χ0n) is 16.4. The van der Waals surface area contributed by atoms with E-state index >= 15 is 0 Å². The molecule has 2 heterocycles. The summed E-state index contributed by atoms with van der Waals surface area (Å²) in [6, 6.07) is 11.2. The Morgan fingerprint density at radius 1 is 1.11 bits per heavy atom. The Morgan fingerprint density at radius 3 is 2.46 bits per heavy atom. The summed E-state index contributed by atoms with van der Waals surface area (Å²) in [5.41, 5.74) is 1.61. The zero-order valence-corrected chi connectivity index (χ0v) is 16.4. The number of hydrogen-bond acceptors (Lipinski definition) is 6. The molecule has 0 aliphatic rings. The van der Waals surface area contributed by atoms with Crippen LogP contribution in [-0.4, -0.2) is 38.7 Å². The van der Waals surface area contributed by atoms with Gasteiger partial charge in [-0.2, -0.15) is 5.10 Å². The van der Waals surface area contributed by atoms with E-state index in [1.807, 2.05) is 37.3 Å². The standard InChI is InChI=1S/C20H25N7O/c1-4-26(5-2)19-13-18(22-15(3)23-19)24-16-7-9-17(10-8-16)25-20(28)14-27-12-6-11-21-27/h6-13H,4-5,14H2,1-3H3,(H,25,28)(H,22,23,24). The number of hydrogen-bond donors (Lipinski definition) is 2. The Balaban J connectivity index is 1.65. The van der Waals surface area contributed by atoms with E-state index < -0.39 is 0 Å². The number of aryl methyl sites for hydroxylation is 1. The topological polar surface area (TPSA) is 88.0 Å². The van der Waals surface area contributed by atoms with Gasteiger partial charge in [0, 0.05) is 42.9 Å². The lowest BCUT2D eigenvalue weighted by molar-refractivity contribution is -0.116. The Morgan fingerprint density at radius 2 is 1.82 bits per heavy atom. The molecular formula is C20H25N7O. The van der Waals surface area contributed by atoms with Crippen molar-refractivity contribution in [3.05, 3.63) is 54.6 Å². The van der Waals surface area contributed by atoms with Gasteiger partial charge in [-0.05, 0) is 51.1 Å². The summed E-state index contributed by atoms with van der Waals surface area (Å²) in [5, 5.41) is 10.2. The highest BCUT2D eigenvalue weighted by Crippen LogP contribution is 2.21. The van der Waals surface area contributed by atoms with Gasteiger partial charge in [0.15, 0.2) is 0 Å². The first-order chi connectivity index (χ1) is 13.6. The van der Waals surface area contributed by atoms with E-state index in [1.54, 1.807) is 23.1 Å². The largest absolute Gasteiger partial charge is 0.357 e. The average Bonchev–Trinajstić information content (AvgIpc) is 3.17. The molecule has 0 spiro atoms. The van der Waals surface area contributed by atoms with Gasteiger partial charge < -0.3 is 15.5 Å². The van der Waals surface area contributed by atoms with Crippen LogP contribution >= 0.6 is 0 Å². The van der Waals surface area contributed by atoms with Crippen LogP contribution in [0.2, 0.25) is 0 Å². The highest BCUT2D eigenvalue weighted by Gasteiger charge is 2.08. The second kappa shape index (κ2) is 8.98. The lowest BCUT2D eigenvalue weighted by Gasteiger charge is -2.20.